The maximum absolute atomic E-state index is 13.0. The first-order chi connectivity index (χ1) is 15.1. The van der Waals surface area contributed by atoms with E-state index in [1.54, 1.807) is 26.0 Å². The number of amides is 1. The standard InChI is InChI=1S/C22H27N3O5S2/c1-16-14-20(25-22(26)17(2)15-31(25,27)28)10-11-21(16)32(29,30)23-18-6-8-19(9-7-18)24-12-4-3-5-13-24/h6-11,14,17,23H,3-5,12-13,15H2,1-2H3. The zero-order chi connectivity index (χ0) is 23.1. The van der Waals surface area contributed by atoms with Gasteiger partial charge in [-0.25, -0.2) is 21.1 Å². The summed E-state index contributed by atoms with van der Waals surface area (Å²) in [4.78, 5) is 14.6. The SMILES string of the molecule is Cc1cc(N2C(=O)C(C)CS2(=O)=O)ccc1S(=O)(=O)Nc1ccc(N2CCCCC2)cc1. The van der Waals surface area contributed by atoms with E-state index in [2.05, 4.69) is 9.62 Å². The first-order valence-corrected chi connectivity index (χ1v) is 13.7. The van der Waals surface area contributed by atoms with Gasteiger partial charge in [0.2, 0.25) is 15.9 Å². The highest BCUT2D eigenvalue weighted by molar-refractivity contribution is 7.94. The Hall–Kier alpha value is -2.59. The molecule has 0 spiro atoms. The van der Waals surface area contributed by atoms with Gasteiger partial charge >= 0.3 is 0 Å². The predicted octanol–water partition coefficient (Wildman–Crippen LogP) is 3.10. The Labute approximate surface area is 189 Å². The van der Waals surface area contributed by atoms with E-state index in [9.17, 15) is 21.6 Å². The Morgan fingerprint density at radius 3 is 2.16 bits per heavy atom. The van der Waals surface area contributed by atoms with Gasteiger partial charge in [-0.3, -0.25) is 9.52 Å². The maximum Gasteiger partial charge on any atom is 0.262 e. The van der Waals surface area contributed by atoms with Crippen LogP contribution >= 0.6 is 0 Å². The third-order valence-electron chi connectivity index (χ3n) is 5.88. The van der Waals surface area contributed by atoms with Crippen molar-refractivity contribution in [3.63, 3.8) is 0 Å². The molecule has 1 amide bonds. The number of nitrogens with one attached hydrogen (secondary N) is 1. The molecule has 2 fully saturated rings. The summed E-state index contributed by atoms with van der Waals surface area (Å²) in [5, 5.41) is 0. The zero-order valence-electron chi connectivity index (χ0n) is 18.1. The van der Waals surface area contributed by atoms with E-state index in [1.165, 1.54) is 24.6 Å². The molecule has 2 heterocycles. The Morgan fingerprint density at radius 1 is 0.969 bits per heavy atom. The van der Waals surface area contributed by atoms with Crippen LogP contribution in [0.15, 0.2) is 47.4 Å². The van der Waals surface area contributed by atoms with Gasteiger partial charge in [-0.2, -0.15) is 0 Å². The van der Waals surface area contributed by atoms with Gasteiger partial charge in [0.15, 0.2) is 0 Å². The molecule has 1 unspecified atom stereocenters. The monoisotopic (exact) mass is 477 g/mol. The van der Waals surface area contributed by atoms with E-state index in [0.29, 0.717) is 11.3 Å². The van der Waals surface area contributed by atoms with Gasteiger partial charge in [0, 0.05) is 24.5 Å². The lowest BCUT2D eigenvalue weighted by molar-refractivity contribution is -0.119. The van der Waals surface area contributed by atoms with Crippen LogP contribution in [-0.2, 0) is 24.8 Å². The van der Waals surface area contributed by atoms with Crippen LogP contribution in [0.5, 0.6) is 0 Å². The summed E-state index contributed by atoms with van der Waals surface area (Å²) in [7, 11) is -7.64. The van der Waals surface area contributed by atoms with E-state index in [1.807, 2.05) is 12.1 Å². The van der Waals surface area contributed by atoms with Gasteiger partial charge in [0.1, 0.15) is 0 Å². The number of sulfonamides is 2. The molecule has 172 valence electrons. The van der Waals surface area contributed by atoms with Gasteiger partial charge in [0.25, 0.3) is 10.0 Å². The van der Waals surface area contributed by atoms with Gasteiger partial charge in [-0.05, 0) is 74.2 Å². The van der Waals surface area contributed by atoms with Crippen LogP contribution in [0, 0.1) is 12.8 Å². The van der Waals surface area contributed by atoms with Crippen molar-refractivity contribution in [1.82, 2.24) is 0 Å². The molecule has 1 atom stereocenters. The van der Waals surface area contributed by atoms with Crippen LogP contribution in [0.2, 0.25) is 0 Å². The molecule has 0 bridgehead atoms. The molecule has 1 N–H and O–H groups in total. The summed E-state index contributed by atoms with van der Waals surface area (Å²) in [5.41, 5.74) is 2.02. The average Bonchev–Trinajstić information content (AvgIpc) is 2.95. The molecule has 2 aromatic carbocycles. The van der Waals surface area contributed by atoms with E-state index in [0.717, 1.165) is 35.9 Å². The fourth-order valence-electron chi connectivity index (χ4n) is 4.25. The van der Waals surface area contributed by atoms with Crippen molar-refractivity contribution in [2.24, 2.45) is 5.92 Å². The quantitative estimate of drug-likeness (QED) is 0.710. The van der Waals surface area contributed by atoms with Crippen LogP contribution in [0.4, 0.5) is 17.1 Å². The van der Waals surface area contributed by atoms with Crippen molar-refractivity contribution >= 4 is 43.0 Å². The maximum atomic E-state index is 13.0. The first kappa shape index (κ1) is 22.6. The fraction of sp³-hybridized carbons (Fsp3) is 0.409. The fourth-order valence-corrected chi connectivity index (χ4v) is 7.35. The second-order valence-corrected chi connectivity index (χ2v) is 11.9. The number of anilines is 3. The lowest BCUT2D eigenvalue weighted by atomic mass is 10.1. The number of aryl methyl sites for hydroxylation is 1. The summed E-state index contributed by atoms with van der Waals surface area (Å²) in [6.45, 7) is 5.15. The Kier molecular flexibility index (Phi) is 5.93. The first-order valence-electron chi connectivity index (χ1n) is 10.6. The molecular weight excluding hydrogens is 450 g/mol. The highest BCUT2D eigenvalue weighted by atomic mass is 32.2. The molecule has 32 heavy (non-hydrogen) atoms. The second kappa shape index (κ2) is 8.40. The molecule has 10 heteroatoms. The van der Waals surface area contributed by atoms with Crippen LogP contribution in [0.1, 0.15) is 31.7 Å². The van der Waals surface area contributed by atoms with Gasteiger partial charge in [0.05, 0.1) is 22.3 Å². The molecule has 0 saturated carbocycles. The van der Waals surface area contributed by atoms with E-state index in [4.69, 9.17) is 0 Å². The lowest BCUT2D eigenvalue weighted by Gasteiger charge is -2.28. The topological polar surface area (TPSA) is 104 Å². The number of benzene rings is 2. The summed E-state index contributed by atoms with van der Waals surface area (Å²) in [6, 6.07) is 11.4. The number of hydrogen-bond acceptors (Lipinski definition) is 6. The van der Waals surface area contributed by atoms with Gasteiger partial charge in [-0.15, -0.1) is 0 Å². The molecule has 4 rings (SSSR count). The molecular formula is C22H27N3O5S2. The van der Waals surface area contributed by atoms with Crippen LogP contribution in [-0.4, -0.2) is 41.6 Å². The van der Waals surface area contributed by atoms with Crippen molar-refractivity contribution < 1.29 is 21.6 Å². The van der Waals surface area contributed by atoms with Crippen molar-refractivity contribution in [3.05, 3.63) is 48.0 Å². The number of carbonyl (C=O) groups is 1. The summed E-state index contributed by atoms with van der Waals surface area (Å²) in [5.74, 6) is -1.38. The minimum absolute atomic E-state index is 0.0263. The Bertz CT molecular complexity index is 1230. The number of hydrogen-bond donors (Lipinski definition) is 1. The molecule has 0 aromatic heterocycles. The van der Waals surface area contributed by atoms with E-state index >= 15 is 0 Å². The predicted molar refractivity (Wildman–Crippen MR) is 125 cm³/mol. The minimum atomic E-state index is -3.89. The summed E-state index contributed by atoms with van der Waals surface area (Å²) >= 11 is 0. The molecule has 0 aliphatic carbocycles. The second-order valence-electron chi connectivity index (χ2n) is 8.43. The zero-order valence-corrected chi connectivity index (χ0v) is 19.7. The van der Waals surface area contributed by atoms with Crippen molar-refractivity contribution in [2.45, 2.75) is 38.0 Å². The average molecular weight is 478 g/mol. The molecule has 0 radical (unpaired) electrons. The largest absolute Gasteiger partial charge is 0.372 e. The van der Waals surface area contributed by atoms with E-state index in [-0.39, 0.29) is 16.3 Å². The Morgan fingerprint density at radius 2 is 1.59 bits per heavy atom. The lowest BCUT2D eigenvalue weighted by Crippen LogP contribution is -2.30. The minimum Gasteiger partial charge on any atom is -0.372 e. The molecule has 8 nitrogen and oxygen atoms in total. The van der Waals surface area contributed by atoms with Crippen molar-refractivity contribution in [1.29, 1.82) is 0 Å². The van der Waals surface area contributed by atoms with Crippen LogP contribution in [0.3, 0.4) is 0 Å². The highest BCUT2D eigenvalue weighted by Gasteiger charge is 2.42. The molecule has 2 saturated heterocycles. The number of nitrogens with zero attached hydrogens (tertiary/aromatic N) is 2. The number of rotatable bonds is 5. The normalized spacial score (nSPS) is 21.1. The van der Waals surface area contributed by atoms with Gasteiger partial charge < -0.3 is 4.90 Å². The molecule has 2 aromatic rings. The third-order valence-corrected chi connectivity index (χ3v) is 9.29. The summed E-state index contributed by atoms with van der Waals surface area (Å²) < 4.78 is 53.9. The smallest absolute Gasteiger partial charge is 0.262 e. The highest BCUT2D eigenvalue weighted by Crippen LogP contribution is 2.31. The van der Waals surface area contributed by atoms with E-state index < -0.39 is 31.9 Å². The van der Waals surface area contributed by atoms with Crippen molar-refractivity contribution in [2.75, 3.05) is 32.8 Å². The summed E-state index contributed by atoms with van der Waals surface area (Å²) in [6.07, 6.45) is 3.56. The van der Waals surface area contributed by atoms with Gasteiger partial charge in [-0.1, -0.05) is 6.92 Å². The van der Waals surface area contributed by atoms with Crippen molar-refractivity contribution in [3.8, 4) is 0 Å². The number of carbonyl (C=O) groups excluding carboxylic acids is 1. The third kappa shape index (κ3) is 4.33. The Balaban J connectivity index is 1.55. The molecule has 2 aliphatic rings. The number of piperidine rings is 1. The van der Waals surface area contributed by atoms with Crippen LogP contribution in [0.25, 0.3) is 0 Å². The molecule has 2 aliphatic heterocycles. The van der Waals surface area contributed by atoms with Crippen LogP contribution < -0.4 is 13.9 Å².